The molecule has 1 aromatic rings. The summed E-state index contributed by atoms with van der Waals surface area (Å²) >= 11 is 0. The van der Waals surface area contributed by atoms with Crippen molar-refractivity contribution >= 4 is 41.5 Å². The molecule has 0 radical (unpaired) electrons. The lowest BCUT2D eigenvalue weighted by Gasteiger charge is -2.30. The van der Waals surface area contributed by atoms with E-state index in [4.69, 9.17) is 10.7 Å². The Kier molecular flexibility index (Phi) is 11.6. The number of nitrogens with one attached hydrogen (secondary N) is 2. The first-order valence-electron chi connectivity index (χ1n) is 12.0. The third-order valence-electron chi connectivity index (χ3n) is 6.35. The maximum atomic E-state index is 11.5. The van der Waals surface area contributed by atoms with Gasteiger partial charge in [-0.3, -0.25) is 9.79 Å². The van der Waals surface area contributed by atoms with Crippen molar-refractivity contribution in [2.75, 3.05) is 50.7 Å². The number of rotatable bonds is 9. The fourth-order valence-electron chi connectivity index (χ4n) is 4.55. The number of halogens is 1. The minimum absolute atomic E-state index is 0. The molecule has 0 spiro atoms. The number of guanidine groups is 1. The van der Waals surface area contributed by atoms with Gasteiger partial charge in [-0.2, -0.15) is 0 Å². The van der Waals surface area contributed by atoms with Crippen LogP contribution in [0.2, 0.25) is 0 Å². The van der Waals surface area contributed by atoms with Crippen LogP contribution >= 0.6 is 24.0 Å². The molecule has 8 heteroatoms. The van der Waals surface area contributed by atoms with Gasteiger partial charge < -0.3 is 26.2 Å². The van der Waals surface area contributed by atoms with E-state index < -0.39 is 0 Å². The maximum absolute atomic E-state index is 11.5. The van der Waals surface area contributed by atoms with Crippen LogP contribution in [-0.4, -0.2) is 62.6 Å². The molecule has 0 saturated carbocycles. The van der Waals surface area contributed by atoms with Crippen molar-refractivity contribution in [2.24, 2.45) is 16.6 Å². The average Bonchev–Trinajstić information content (AvgIpc) is 3.32. The standard InChI is InChI=1S/C24H40N6O.HI/c1-3-26-24(27-12-8-14-29-13-7-10-21(18-29)23(25)31)28-19(2)20-9-6-11-22(17-20)30-15-4-5-16-30;/h6,9,11,17,19,21H,3-5,7-8,10,12-16,18H2,1-2H3,(H2,25,31)(H2,26,27,28);1H. The largest absolute Gasteiger partial charge is 0.372 e. The van der Waals surface area contributed by atoms with E-state index >= 15 is 0 Å². The number of carbonyl (C=O) groups excluding carboxylic acids is 1. The van der Waals surface area contributed by atoms with E-state index in [2.05, 4.69) is 58.5 Å². The van der Waals surface area contributed by atoms with Crippen LogP contribution in [0.25, 0.3) is 0 Å². The third kappa shape index (κ3) is 8.10. The molecule has 3 rings (SSSR count). The van der Waals surface area contributed by atoms with Gasteiger partial charge in [0.1, 0.15) is 0 Å². The van der Waals surface area contributed by atoms with Crippen LogP contribution in [0.1, 0.15) is 57.6 Å². The number of anilines is 1. The fourth-order valence-corrected chi connectivity index (χ4v) is 4.55. The highest BCUT2D eigenvalue weighted by atomic mass is 127. The van der Waals surface area contributed by atoms with E-state index in [1.165, 1.54) is 24.1 Å². The highest BCUT2D eigenvalue weighted by Gasteiger charge is 2.23. The number of primary amides is 1. The number of benzene rings is 1. The molecular formula is C24H41IN6O. The van der Waals surface area contributed by atoms with Crippen molar-refractivity contribution in [3.8, 4) is 0 Å². The lowest BCUT2D eigenvalue weighted by atomic mass is 9.97. The molecule has 2 saturated heterocycles. The Morgan fingerprint density at radius 1 is 1.25 bits per heavy atom. The average molecular weight is 557 g/mol. The van der Waals surface area contributed by atoms with E-state index in [0.717, 1.165) is 71.0 Å². The molecule has 0 aromatic heterocycles. The molecule has 1 aromatic carbocycles. The van der Waals surface area contributed by atoms with E-state index in [1.54, 1.807) is 0 Å². The number of carbonyl (C=O) groups is 1. The zero-order valence-electron chi connectivity index (χ0n) is 19.7. The van der Waals surface area contributed by atoms with Crippen molar-refractivity contribution in [1.29, 1.82) is 0 Å². The summed E-state index contributed by atoms with van der Waals surface area (Å²) in [5.41, 5.74) is 8.09. The monoisotopic (exact) mass is 556 g/mol. The molecule has 2 heterocycles. The molecule has 2 fully saturated rings. The lowest BCUT2D eigenvalue weighted by molar-refractivity contribution is -0.123. The lowest BCUT2D eigenvalue weighted by Crippen LogP contribution is -2.41. The Bertz CT molecular complexity index is 737. The number of nitrogens with zero attached hydrogens (tertiary/aromatic N) is 3. The Labute approximate surface area is 210 Å². The molecule has 0 aliphatic carbocycles. The summed E-state index contributed by atoms with van der Waals surface area (Å²) in [4.78, 5) is 21.1. The van der Waals surface area contributed by atoms with Gasteiger partial charge in [-0.1, -0.05) is 12.1 Å². The van der Waals surface area contributed by atoms with Crippen molar-refractivity contribution in [3.63, 3.8) is 0 Å². The fraction of sp³-hybridized carbons (Fsp3) is 0.667. The highest BCUT2D eigenvalue weighted by molar-refractivity contribution is 14.0. The summed E-state index contributed by atoms with van der Waals surface area (Å²) in [5, 5.41) is 6.93. The van der Waals surface area contributed by atoms with Gasteiger partial charge in [-0.05, 0) is 76.7 Å². The summed E-state index contributed by atoms with van der Waals surface area (Å²) in [5.74, 6) is 0.702. The van der Waals surface area contributed by atoms with Crippen LogP contribution in [-0.2, 0) is 4.79 Å². The molecule has 2 unspecified atom stereocenters. The number of likely N-dealkylation sites (tertiary alicyclic amines) is 1. The predicted octanol–water partition coefficient (Wildman–Crippen LogP) is 3.11. The molecule has 2 atom stereocenters. The Morgan fingerprint density at radius 2 is 2.03 bits per heavy atom. The molecule has 2 aliphatic heterocycles. The number of piperidine rings is 1. The van der Waals surface area contributed by atoms with Crippen LogP contribution in [0.5, 0.6) is 0 Å². The molecular weight excluding hydrogens is 515 g/mol. The molecule has 7 nitrogen and oxygen atoms in total. The summed E-state index contributed by atoms with van der Waals surface area (Å²) < 4.78 is 0. The Hall–Kier alpha value is -1.55. The quantitative estimate of drug-likeness (QED) is 0.189. The Balaban J connectivity index is 0.00000363. The van der Waals surface area contributed by atoms with Gasteiger partial charge in [0.05, 0.1) is 12.0 Å². The zero-order chi connectivity index (χ0) is 22.1. The normalized spacial score (nSPS) is 20.5. The smallest absolute Gasteiger partial charge is 0.221 e. The van der Waals surface area contributed by atoms with Gasteiger partial charge in [0.15, 0.2) is 5.96 Å². The minimum atomic E-state index is -0.163. The second-order valence-corrected chi connectivity index (χ2v) is 8.81. The molecule has 1 amide bonds. The van der Waals surface area contributed by atoms with Crippen LogP contribution in [0.4, 0.5) is 5.69 Å². The molecule has 2 aliphatic rings. The van der Waals surface area contributed by atoms with Crippen LogP contribution < -0.4 is 21.3 Å². The molecule has 32 heavy (non-hydrogen) atoms. The molecule has 180 valence electrons. The SMILES string of the molecule is CCNC(=NCCCN1CCCC(C(N)=O)C1)NC(C)c1cccc(N2CCCC2)c1.I. The Morgan fingerprint density at radius 3 is 2.75 bits per heavy atom. The topological polar surface area (TPSA) is 86.0 Å². The van der Waals surface area contributed by atoms with Gasteiger partial charge in [0.2, 0.25) is 5.91 Å². The van der Waals surface area contributed by atoms with Gasteiger partial charge >= 0.3 is 0 Å². The number of nitrogens with two attached hydrogens (primary N) is 1. The highest BCUT2D eigenvalue weighted by Crippen LogP contribution is 2.24. The third-order valence-corrected chi connectivity index (χ3v) is 6.35. The van der Waals surface area contributed by atoms with Gasteiger partial charge in [-0.15, -0.1) is 24.0 Å². The number of hydrogen-bond donors (Lipinski definition) is 3. The number of hydrogen-bond acceptors (Lipinski definition) is 4. The van der Waals surface area contributed by atoms with Crippen molar-refractivity contribution < 1.29 is 4.79 Å². The van der Waals surface area contributed by atoms with Crippen LogP contribution in [0, 0.1) is 5.92 Å². The zero-order valence-corrected chi connectivity index (χ0v) is 22.0. The first-order chi connectivity index (χ1) is 15.1. The van der Waals surface area contributed by atoms with Crippen LogP contribution in [0.3, 0.4) is 0 Å². The molecule has 4 N–H and O–H groups in total. The summed E-state index contributed by atoms with van der Waals surface area (Å²) in [6.45, 7) is 11.0. The molecule has 0 bridgehead atoms. The van der Waals surface area contributed by atoms with E-state index in [1.807, 2.05) is 0 Å². The second kappa shape index (κ2) is 13.9. The van der Waals surface area contributed by atoms with E-state index in [9.17, 15) is 4.79 Å². The van der Waals surface area contributed by atoms with Gasteiger partial charge in [0, 0.05) is 38.4 Å². The predicted molar refractivity (Wildman–Crippen MR) is 144 cm³/mol. The van der Waals surface area contributed by atoms with Gasteiger partial charge in [0.25, 0.3) is 0 Å². The summed E-state index contributed by atoms with van der Waals surface area (Å²) in [6.07, 6.45) is 5.52. The first kappa shape index (κ1) is 26.7. The number of aliphatic imine (C=N–C) groups is 1. The summed E-state index contributed by atoms with van der Waals surface area (Å²) in [6, 6.07) is 9.04. The summed E-state index contributed by atoms with van der Waals surface area (Å²) in [7, 11) is 0. The second-order valence-electron chi connectivity index (χ2n) is 8.81. The number of amides is 1. The van der Waals surface area contributed by atoms with Gasteiger partial charge in [-0.25, -0.2) is 0 Å². The minimum Gasteiger partial charge on any atom is -0.372 e. The van der Waals surface area contributed by atoms with Crippen molar-refractivity contribution in [2.45, 2.75) is 52.0 Å². The maximum Gasteiger partial charge on any atom is 0.221 e. The van der Waals surface area contributed by atoms with Crippen molar-refractivity contribution in [1.82, 2.24) is 15.5 Å². The van der Waals surface area contributed by atoms with E-state index in [0.29, 0.717) is 0 Å². The van der Waals surface area contributed by atoms with E-state index in [-0.39, 0.29) is 41.8 Å². The van der Waals surface area contributed by atoms with Crippen molar-refractivity contribution in [3.05, 3.63) is 29.8 Å². The van der Waals surface area contributed by atoms with Crippen LogP contribution in [0.15, 0.2) is 29.3 Å². The first-order valence-corrected chi connectivity index (χ1v) is 12.0.